The molecule has 2 aliphatic heterocycles. The molecule has 0 N–H and O–H groups in total. The van der Waals surface area contributed by atoms with Crippen molar-refractivity contribution in [1.29, 1.82) is 0 Å². The summed E-state index contributed by atoms with van der Waals surface area (Å²) < 4.78 is 21.7. The highest BCUT2D eigenvalue weighted by molar-refractivity contribution is 5.69. The zero-order chi connectivity index (χ0) is 21.0. The van der Waals surface area contributed by atoms with Gasteiger partial charge in [0.1, 0.15) is 17.3 Å². The van der Waals surface area contributed by atoms with Crippen LogP contribution in [0.5, 0.6) is 5.75 Å². The normalized spacial score (nSPS) is 15.5. The highest BCUT2D eigenvalue weighted by Gasteiger charge is 2.20. The summed E-state index contributed by atoms with van der Waals surface area (Å²) in [5.74, 6) is 0.658. The van der Waals surface area contributed by atoms with Crippen LogP contribution in [0.15, 0.2) is 53.7 Å². The Morgan fingerprint density at radius 3 is 2.90 bits per heavy atom. The number of nitrogens with zero attached hydrogens (tertiary/aromatic N) is 4. The van der Waals surface area contributed by atoms with Gasteiger partial charge in [-0.25, -0.2) is 9.07 Å². The molecule has 1 aromatic heterocycles. The van der Waals surface area contributed by atoms with E-state index in [-0.39, 0.29) is 5.82 Å². The molecule has 2 aliphatic rings. The lowest BCUT2D eigenvalue weighted by Crippen LogP contribution is -2.31. The second-order valence-corrected chi connectivity index (χ2v) is 8.22. The lowest BCUT2D eigenvalue weighted by atomic mass is 10.1. The molecule has 0 saturated heterocycles. The molecule has 5 rings (SSSR count). The maximum Gasteiger partial charge on any atom is 0.148 e. The van der Waals surface area contributed by atoms with Crippen molar-refractivity contribution in [3.63, 3.8) is 0 Å². The van der Waals surface area contributed by atoms with Crippen molar-refractivity contribution in [3.8, 4) is 11.4 Å². The summed E-state index contributed by atoms with van der Waals surface area (Å²) in [6.07, 6.45) is 9.05. The van der Waals surface area contributed by atoms with E-state index in [0.29, 0.717) is 12.3 Å². The van der Waals surface area contributed by atoms with E-state index in [1.165, 1.54) is 17.2 Å². The van der Waals surface area contributed by atoms with Gasteiger partial charge in [-0.15, -0.1) is 0 Å². The Bertz CT molecular complexity index is 1090. The number of rotatable bonds is 7. The smallest absolute Gasteiger partial charge is 0.148 e. The fourth-order valence-electron chi connectivity index (χ4n) is 4.30. The standard InChI is InChI=1S/C25H27FN4O/c26-22-7-1-2-8-25(22)30-18-20-17-29(14-11-23(20)28-30)13-3-4-15-31-21-10-9-19-6-5-12-27-24(19)16-21/h1-2,7-10,12,16,18H,3-6,11,13-15,17H2. The molecule has 0 spiro atoms. The topological polar surface area (TPSA) is 42.7 Å². The van der Waals surface area contributed by atoms with Gasteiger partial charge in [-0.3, -0.25) is 9.89 Å². The molecular weight excluding hydrogens is 391 g/mol. The number of aromatic nitrogens is 2. The van der Waals surface area contributed by atoms with Gasteiger partial charge in [-0.05, 0) is 56.0 Å². The highest BCUT2D eigenvalue weighted by Crippen LogP contribution is 2.28. The first kappa shape index (κ1) is 19.9. The Kier molecular flexibility index (Phi) is 5.80. The van der Waals surface area contributed by atoms with Gasteiger partial charge >= 0.3 is 0 Å². The zero-order valence-electron chi connectivity index (χ0n) is 17.6. The molecular formula is C25H27FN4O. The van der Waals surface area contributed by atoms with Crippen LogP contribution in [0.2, 0.25) is 0 Å². The number of fused-ring (bicyclic) bond motifs is 2. The van der Waals surface area contributed by atoms with Crippen molar-refractivity contribution in [1.82, 2.24) is 14.7 Å². The second kappa shape index (κ2) is 9.02. The minimum Gasteiger partial charge on any atom is -0.494 e. The van der Waals surface area contributed by atoms with E-state index in [2.05, 4.69) is 27.1 Å². The first-order chi connectivity index (χ1) is 15.3. The third-order valence-corrected chi connectivity index (χ3v) is 6.00. The number of para-hydroxylation sites is 1. The number of unbranched alkanes of at least 4 members (excludes halogenated alkanes) is 1. The van der Waals surface area contributed by atoms with Crippen molar-refractivity contribution < 1.29 is 9.13 Å². The van der Waals surface area contributed by atoms with Gasteiger partial charge < -0.3 is 4.74 Å². The molecule has 3 aromatic rings. The van der Waals surface area contributed by atoms with Crippen LogP contribution in [0.1, 0.15) is 36.1 Å². The molecule has 6 heteroatoms. The summed E-state index contributed by atoms with van der Waals surface area (Å²) in [5.41, 5.74) is 5.13. The average molecular weight is 419 g/mol. The largest absolute Gasteiger partial charge is 0.494 e. The number of benzene rings is 2. The van der Waals surface area contributed by atoms with E-state index in [1.807, 2.05) is 24.5 Å². The van der Waals surface area contributed by atoms with Crippen molar-refractivity contribution in [2.24, 2.45) is 4.99 Å². The van der Waals surface area contributed by atoms with E-state index in [9.17, 15) is 4.39 Å². The third-order valence-electron chi connectivity index (χ3n) is 6.00. The Balaban J connectivity index is 1.09. The van der Waals surface area contributed by atoms with Gasteiger partial charge in [0.2, 0.25) is 0 Å². The quantitative estimate of drug-likeness (QED) is 0.514. The molecule has 0 saturated carbocycles. The molecule has 0 bridgehead atoms. The van der Waals surface area contributed by atoms with Crippen molar-refractivity contribution >= 4 is 11.9 Å². The number of halogens is 1. The molecule has 5 nitrogen and oxygen atoms in total. The van der Waals surface area contributed by atoms with Crippen molar-refractivity contribution in [3.05, 3.63) is 71.3 Å². The number of aryl methyl sites for hydroxylation is 1. The van der Waals surface area contributed by atoms with Crippen molar-refractivity contribution in [2.75, 3.05) is 19.7 Å². The van der Waals surface area contributed by atoms with Crippen LogP contribution < -0.4 is 4.74 Å². The third kappa shape index (κ3) is 4.54. The van der Waals surface area contributed by atoms with Gasteiger partial charge in [0.05, 0.1) is 18.0 Å². The van der Waals surface area contributed by atoms with Crippen LogP contribution >= 0.6 is 0 Å². The monoisotopic (exact) mass is 418 g/mol. The number of ether oxygens (including phenoxy) is 1. The fourth-order valence-corrected chi connectivity index (χ4v) is 4.30. The summed E-state index contributed by atoms with van der Waals surface area (Å²) in [5, 5.41) is 4.61. The molecule has 0 radical (unpaired) electrons. The average Bonchev–Trinajstić information content (AvgIpc) is 3.22. The highest BCUT2D eigenvalue weighted by atomic mass is 19.1. The first-order valence-electron chi connectivity index (χ1n) is 11.1. The van der Waals surface area contributed by atoms with Crippen LogP contribution in [-0.2, 0) is 19.4 Å². The lowest BCUT2D eigenvalue weighted by Gasteiger charge is -2.25. The number of aliphatic imine (C=N–C) groups is 1. The first-order valence-corrected chi connectivity index (χ1v) is 11.1. The molecule has 0 unspecified atom stereocenters. The van der Waals surface area contributed by atoms with E-state index in [4.69, 9.17) is 4.74 Å². The van der Waals surface area contributed by atoms with Crippen LogP contribution in [0.3, 0.4) is 0 Å². The Morgan fingerprint density at radius 1 is 1.03 bits per heavy atom. The minimum absolute atomic E-state index is 0.245. The molecule has 0 fully saturated rings. The maximum absolute atomic E-state index is 14.1. The van der Waals surface area contributed by atoms with Gasteiger partial charge in [0, 0.05) is 43.6 Å². The van der Waals surface area contributed by atoms with Crippen LogP contribution in [0.25, 0.3) is 5.69 Å². The molecule has 0 amide bonds. The number of hydrogen-bond donors (Lipinski definition) is 0. The van der Waals surface area contributed by atoms with E-state index in [1.54, 1.807) is 16.8 Å². The van der Waals surface area contributed by atoms with Crippen LogP contribution in [-0.4, -0.2) is 40.6 Å². The summed E-state index contributed by atoms with van der Waals surface area (Å²) in [7, 11) is 0. The van der Waals surface area contributed by atoms with Gasteiger partial charge in [-0.2, -0.15) is 5.10 Å². The molecule has 0 atom stereocenters. The van der Waals surface area contributed by atoms with E-state index >= 15 is 0 Å². The van der Waals surface area contributed by atoms with Gasteiger partial charge in [0.25, 0.3) is 0 Å². The van der Waals surface area contributed by atoms with E-state index < -0.39 is 0 Å². The Hall–Kier alpha value is -2.99. The molecule has 160 valence electrons. The van der Waals surface area contributed by atoms with Crippen molar-refractivity contribution in [2.45, 2.75) is 38.6 Å². The molecule has 3 heterocycles. The summed E-state index contributed by atoms with van der Waals surface area (Å²) in [4.78, 5) is 6.91. The van der Waals surface area contributed by atoms with Crippen LogP contribution in [0.4, 0.5) is 10.1 Å². The molecule has 31 heavy (non-hydrogen) atoms. The fraction of sp³-hybridized carbons (Fsp3) is 0.360. The summed E-state index contributed by atoms with van der Waals surface area (Å²) in [6, 6.07) is 13.0. The molecule has 0 aliphatic carbocycles. The summed E-state index contributed by atoms with van der Waals surface area (Å²) in [6.45, 7) is 3.60. The Labute approximate surface area is 182 Å². The number of hydrogen-bond acceptors (Lipinski definition) is 4. The van der Waals surface area contributed by atoms with Crippen LogP contribution in [0, 0.1) is 5.82 Å². The van der Waals surface area contributed by atoms with Gasteiger partial charge in [-0.1, -0.05) is 18.2 Å². The van der Waals surface area contributed by atoms with Gasteiger partial charge in [0.15, 0.2) is 0 Å². The second-order valence-electron chi connectivity index (χ2n) is 8.22. The zero-order valence-corrected chi connectivity index (χ0v) is 17.6. The minimum atomic E-state index is -0.245. The maximum atomic E-state index is 14.1. The Morgan fingerprint density at radius 2 is 1.97 bits per heavy atom. The lowest BCUT2D eigenvalue weighted by molar-refractivity contribution is 0.234. The molecule has 2 aromatic carbocycles. The SMILES string of the molecule is Fc1ccccc1-n1cc2c(n1)CCN(CCCCOc1ccc3c(c1)N=CCC3)C2. The predicted octanol–water partition coefficient (Wildman–Crippen LogP) is 4.88. The summed E-state index contributed by atoms with van der Waals surface area (Å²) >= 11 is 0. The predicted molar refractivity (Wildman–Crippen MR) is 120 cm³/mol. The van der Waals surface area contributed by atoms with E-state index in [0.717, 1.165) is 68.9 Å².